The van der Waals surface area contributed by atoms with E-state index in [9.17, 15) is 4.79 Å². The Bertz CT molecular complexity index is 727. The van der Waals surface area contributed by atoms with Gasteiger partial charge in [0.25, 0.3) is 0 Å². The molecule has 1 aliphatic carbocycles. The molecule has 0 bridgehead atoms. The van der Waals surface area contributed by atoms with E-state index in [0.717, 1.165) is 29.9 Å². The molecule has 0 aliphatic heterocycles. The third kappa shape index (κ3) is 5.88. The molecule has 144 valence electrons. The van der Waals surface area contributed by atoms with E-state index in [2.05, 4.69) is 15.6 Å². The summed E-state index contributed by atoms with van der Waals surface area (Å²) in [6.07, 6.45) is 5.05. The van der Waals surface area contributed by atoms with Gasteiger partial charge in [0.15, 0.2) is 0 Å². The van der Waals surface area contributed by atoms with Crippen molar-refractivity contribution in [1.82, 2.24) is 15.6 Å². The molecule has 1 heterocycles. The lowest BCUT2D eigenvalue weighted by atomic mass is 10.0. The Morgan fingerprint density at radius 2 is 2.00 bits per heavy atom. The molecule has 1 aromatic heterocycles. The number of hydrogen-bond acceptors (Lipinski definition) is 4. The highest BCUT2D eigenvalue weighted by Crippen LogP contribution is 2.29. The molecule has 1 unspecified atom stereocenters. The molecule has 1 saturated carbocycles. The van der Waals surface area contributed by atoms with Gasteiger partial charge in [-0.05, 0) is 48.4 Å². The number of hydrogen-bond donors (Lipinski definition) is 2. The van der Waals surface area contributed by atoms with Gasteiger partial charge in [0, 0.05) is 18.8 Å². The molecule has 1 atom stereocenters. The van der Waals surface area contributed by atoms with Crippen molar-refractivity contribution < 1.29 is 14.3 Å². The maximum atomic E-state index is 12.2. The van der Waals surface area contributed by atoms with Crippen molar-refractivity contribution in [3.8, 4) is 11.6 Å². The molecule has 6 heteroatoms. The predicted molar refractivity (Wildman–Crippen MR) is 104 cm³/mol. The van der Waals surface area contributed by atoms with Crippen LogP contribution in [0.3, 0.4) is 0 Å². The third-order valence-corrected chi connectivity index (χ3v) is 4.65. The Morgan fingerprint density at radius 1 is 1.22 bits per heavy atom. The zero-order chi connectivity index (χ0) is 19.1. The number of rotatable bonds is 9. The minimum absolute atomic E-state index is 0.0489. The summed E-state index contributed by atoms with van der Waals surface area (Å²) in [6, 6.07) is 11.3. The molecular formula is C21H27N3O3. The number of aromatic nitrogens is 1. The molecule has 0 radical (unpaired) electrons. The number of benzene rings is 1. The van der Waals surface area contributed by atoms with Crippen LogP contribution in [0.25, 0.3) is 0 Å². The van der Waals surface area contributed by atoms with Gasteiger partial charge < -0.3 is 20.1 Å². The molecule has 1 aromatic carbocycles. The van der Waals surface area contributed by atoms with Crippen molar-refractivity contribution in [2.75, 3.05) is 13.7 Å². The summed E-state index contributed by atoms with van der Waals surface area (Å²) in [5, 5.41) is 5.89. The maximum Gasteiger partial charge on any atom is 0.315 e. The highest BCUT2D eigenvalue weighted by Gasteiger charge is 2.22. The summed E-state index contributed by atoms with van der Waals surface area (Å²) >= 11 is 0. The van der Waals surface area contributed by atoms with Gasteiger partial charge in [0.1, 0.15) is 5.75 Å². The fraction of sp³-hybridized carbons (Fsp3) is 0.429. The standard InChI is InChI=1S/C21H27N3O3/c1-3-19(17-7-9-18(26-2)10-8-17)24-21(25)23-13-16-6-11-20(22-12-16)27-14-15-4-5-15/h6-12,15,19H,3-5,13-14H2,1-2H3,(H2,23,24,25). The van der Waals surface area contributed by atoms with Crippen LogP contribution in [-0.4, -0.2) is 24.7 Å². The van der Waals surface area contributed by atoms with E-state index >= 15 is 0 Å². The summed E-state index contributed by atoms with van der Waals surface area (Å²) in [4.78, 5) is 16.5. The van der Waals surface area contributed by atoms with Crippen molar-refractivity contribution in [2.24, 2.45) is 5.92 Å². The number of amides is 2. The van der Waals surface area contributed by atoms with E-state index in [-0.39, 0.29) is 12.1 Å². The number of nitrogens with zero attached hydrogens (tertiary/aromatic N) is 1. The Hall–Kier alpha value is -2.76. The predicted octanol–water partition coefficient (Wildman–Crippen LogP) is 3.83. The van der Waals surface area contributed by atoms with Gasteiger partial charge in [0.2, 0.25) is 5.88 Å². The monoisotopic (exact) mass is 369 g/mol. The summed E-state index contributed by atoms with van der Waals surface area (Å²) in [7, 11) is 1.64. The highest BCUT2D eigenvalue weighted by atomic mass is 16.5. The van der Waals surface area contributed by atoms with E-state index in [1.54, 1.807) is 13.3 Å². The molecule has 0 spiro atoms. The van der Waals surface area contributed by atoms with Gasteiger partial charge in [-0.3, -0.25) is 0 Å². The second kappa shape index (κ2) is 9.26. The molecular weight excluding hydrogens is 342 g/mol. The lowest BCUT2D eigenvalue weighted by Crippen LogP contribution is -2.37. The molecule has 2 aromatic rings. The first-order valence-corrected chi connectivity index (χ1v) is 9.44. The first-order valence-electron chi connectivity index (χ1n) is 9.44. The van der Waals surface area contributed by atoms with E-state index < -0.39 is 0 Å². The molecule has 6 nitrogen and oxygen atoms in total. The van der Waals surface area contributed by atoms with E-state index in [1.807, 2.05) is 43.3 Å². The lowest BCUT2D eigenvalue weighted by Gasteiger charge is -2.18. The van der Waals surface area contributed by atoms with Crippen LogP contribution in [0.4, 0.5) is 4.79 Å². The van der Waals surface area contributed by atoms with Crippen LogP contribution in [-0.2, 0) is 6.54 Å². The highest BCUT2D eigenvalue weighted by molar-refractivity contribution is 5.74. The first kappa shape index (κ1) is 19.0. The van der Waals surface area contributed by atoms with Crippen LogP contribution in [0, 0.1) is 5.92 Å². The number of urea groups is 1. The topological polar surface area (TPSA) is 72.5 Å². The third-order valence-electron chi connectivity index (χ3n) is 4.65. The smallest absolute Gasteiger partial charge is 0.315 e. The van der Waals surface area contributed by atoms with Crippen LogP contribution < -0.4 is 20.1 Å². The van der Waals surface area contributed by atoms with Crippen molar-refractivity contribution in [1.29, 1.82) is 0 Å². The number of nitrogens with one attached hydrogen (secondary N) is 2. The molecule has 2 amide bonds. The Morgan fingerprint density at radius 3 is 2.59 bits per heavy atom. The van der Waals surface area contributed by atoms with Gasteiger partial charge in [-0.15, -0.1) is 0 Å². The van der Waals surface area contributed by atoms with Crippen LogP contribution in [0.2, 0.25) is 0 Å². The Kier molecular flexibility index (Phi) is 6.52. The van der Waals surface area contributed by atoms with Crippen molar-refractivity contribution in [3.05, 3.63) is 53.7 Å². The second-order valence-electron chi connectivity index (χ2n) is 6.82. The lowest BCUT2D eigenvalue weighted by molar-refractivity contribution is 0.236. The summed E-state index contributed by atoms with van der Waals surface area (Å²) in [5.74, 6) is 2.14. The normalized spacial score (nSPS) is 14.3. The van der Waals surface area contributed by atoms with Gasteiger partial charge in [-0.1, -0.05) is 25.1 Å². The van der Waals surface area contributed by atoms with Crippen LogP contribution in [0.5, 0.6) is 11.6 Å². The van der Waals surface area contributed by atoms with Crippen molar-refractivity contribution in [2.45, 2.75) is 38.8 Å². The fourth-order valence-corrected chi connectivity index (χ4v) is 2.74. The molecule has 0 saturated heterocycles. The molecule has 1 fully saturated rings. The van der Waals surface area contributed by atoms with Crippen LogP contribution >= 0.6 is 0 Å². The summed E-state index contributed by atoms with van der Waals surface area (Å²) in [6.45, 7) is 3.21. The zero-order valence-corrected chi connectivity index (χ0v) is 15.9. The van der Waals surface area contributed by atoms with Gasteiger partial charge in [-0.2, -0.15) is 0 Å². The van der Waals surface area contributed by atoms with Crippen LogP contribution in [0.15, 0.2) is 42.6 Å². The van der Waals surface area contributed by atoms with Crippen LogP contribution in [0.1, 0.15) is 43.4 Å². The molecule has 27 heavy (non-hydrogen) atoms. The SMILES string of the molecule is CCC(NC(=O)NCc1ccc(OCC2CC2)nc1)c1ccc(OC)cc1. The average Bonchev–Trinajstić information content (AvgIpc) is 3.54. The average molecular weight is 369 g/mol. The zero-order valence-electron chi connectivity index (χ0n) is 15.9. The second-order valence-corrected chi connectivity index (χ2v) is 6.82. The quantitative estimate of drug-likeness (QED) is 0.705. The van der Waals surface area contributed by atoms with Gasteiger partial charge in [-0.25, -0.2) is 9.78 Å². The van der Waals surface area contributed by atoms with Gasteiger partial charge >= 0.3 is 6.03 Å². The maximum absolute atomic E-state index is 12.2. The number of ether oxygens (including phenoxy) is 2. The van der Waals surface area contributed by atoms with Crippen molar-refractivity contribution >= 4 is 6.03 Å². The van der Waals surface area contributed by atoms with Gasteiger partial charge in [0.05, 0.1) is 19.8 Å². The number of methoxy groups -OCH3 is 1. The molecule has 2 N–H and O–H groups in total. The Labute approximate surface area is 160 Å². The minimum atomic E-state index is -0.202. The first-order chi connectivity index (χ1) is 13.2. The largest absolute Gasteiger partial charge is 0.497 e. The fourth-order valence-electron chi connectivity index (χ4n) is 2.74. The number of carbonyl (C=O) groups excluding carboxylic acids is 1. The number of carbonyl (C=O) groups is 1. The van der Waals surface area contributed by atoms with E-state index in [1.165, 1.54) is 12.8 Å². The summed E-state index contributed by atoms with van der Waals surface area (Å²) < 4.78 is 10.8. The van der Waals surface area contributed by atoms with E-state index in [4.69, 9.17) is 9.47 Å². The minimum Gasteiger partial charge on any atom is -0.497 e. The van der Waals surface area contributed by atoms with E-state index in [0.29, 0.717) is 18.3 Å². The Balaban J connectivity index is 1.45. The molecule has 3 rings (SSSR count). The number of pyridine rings is 1. The summed E-state index contributed by atoms with van der Waals surface area (Å²) in [5.41, 5.74) is 1.98. The van der Waals surface area contributed by atoms with Crippen molar-refractivity contribution in [3.63, 3.8) is 0 Å². The molecule has 1 aliphatic rings.